The van der Waals surface area contributed by atoms with Crippen LogP contribution in [0.4, 0.5) is 4.79 Å². The fourth-order valence-corrected chi connectivity index (χ4v) is 5.21. The lowest BCUT2D eigenvalue weighted by Crippen LogP contribution is -2.46. The molecule has 172 valence electrons. The molecule has 1 fully saturated rings. The number of aryl methyl sites for hydroxylation is 1. The number of imide groups is 1. The second-order valence-corrected chi connectivity index (χ2v) is 8.91. The van der Waals surface area contributed by atoms with Crippen molar-refractivity contribution in [3.63, 3.8) is 0 Å². The highest BCUT2D eigenvalue weighted by atomic mass is 16.2. The molecule has 3 aromatic rings. The number of rotatable bonds is 5. The summed E-state index contributed by atoms with van der Waals surface area (Å²) in [7, 11) is 1.76. The summed E-state index contributed by atoms with van der Waals surface area (Å²) in [6.45, 7) is -0.304. The van der Waals surface area contributed by atoms with Crippen LogP contribution in [0.15, 0.2) is 84.9 Å². The number of hydrogen-bond acceptors (Lipinski definition) is 3. The molecule has 0 bridgehead atoms. The van der Waals surface area contributed by atoms with E-state index < -0.39 is 17.5 Å². The van der Waals surface area contributed by atoms with Crippen LogP contribution in [0.2, 0.25) is 0 Å². The molecule has 1 N–H and O–H groups in total. The Kier molecular flexibility index (Phi) is 5.65. The Labute approximate surface area is 199 Å². The van der Waals surface area contributed by atoms with E-state index in [9.17, 15) is 14.4 Å². The lowest BCUT2D eigenvalue weighted by atomic mass is 9.82. The predicted octanol–water partition coefficient (Wildman–Crippen LogP) is 4.02. The molecule has 0 radical (unpaired) electrons. The summed E-state index contributed by atoms with van der Waals surface area (Å²) in [5.74, 6) is -0.706. The molecule has 1 aliphatic heterocycles. The molecule has 3 aromatic carbocycles. The predicted molar refractivity (Wildman–Crippen MR) is 129 cm³/mol. The minimum atomic E-state index is -1.37. The number of amides is 4. The molecule has 1 saturated heterocycles. The Morgan fingerprint density at radius 1 is 0.941 bits per heavy atom. The molecule has 4 amide bonds. The lowest BCUT2D eigenvalue weighted by Gasteiger charge is -2.34. The molecular weight excluding hydrogens is 426 g/mol. The fourth-order valence-electron chi connectivity index (χ4n) is 5.21. The maximum absolute atomic E-state index is 13.8. The van der Waals surface area contributed by atoms with Crippen molar-refractivity contribution in [1.82, 2.24) is 15.1 Å². The van der Waals surface area contributed by atoms with Crippen LogP contribution in [0.3, 0.4) is 0 Å². The number of benzene rings is 3. The van der Waals surface area contributed by atoms with Gasteiger partial charge in [-0.25, -0.2) is 4.79 Å². The van der Waals surface area contributed by atoms with Crippen LogP contribution in [0.25, 0.3) is 0 Å². The number of urea groups is 1. The van der Waals surface area contributed by atoms with Gasteiger partial charge in [-0.15, -0.1) is 0 Å². The van der Waals surface area contributed by atoms with E-state index in [4.69, 9.17) is 0 Å². The summed E-state index contributed by atoms with van der Waals surface area (Å²) in [5.41, 5.74) is 2.34. The molecule has 6 heteroatoms. The number of hydrogen-bond donors (Lipinski definition) is 1. The number of nitrogens with one attached hydrogen (secondary N) is 1. The lowest BCUT2D eigenvalue weighted by molar-refractivity contribution is -0.139. The van der Waals surface area contributed by atoms with Gasteiger partial charge in [0.1, 0.15) is 6.54 Å². The van der Waals surface area contributed by atoms with E-state index in [1.54, 1.807) is 11.9 Å². The summed E-state index contributed by atoms with van der Waals surface area (Å²) >= 11 is 0. The molecule has 1 heterocycles. The van der Waals surface area contributed by atoms with Gasteiger partial charge in [-0.05, 0) is 41.5 Å². The van der Waals surface area contributed by atoms with E-state index in [1.807, 2.05) is 72.8 Å². The number of carbonyl (C=O) groups is 3. The highest BCUT2D eigenvalue weighted by molar-refractivity contribution is 6.11. The third-order valence-corrected chi connectivity index (χ3v) is 7.01. The van der Waals surface area contributed by atoms with Crippen LogP contribution in [0.5, 0.6) is 0 Å². The zero-order valence-electron chi connectivity index (χ0n) is 19.1. The molecule has 5 rings (SSSR count). The van der Waals surface area contributed by atoms with E-state index in [1.165, 1.54) is 5.56 Å². The molecule has 0 aromatic heterocycles. The van der Waals surface area contributed by atoms with Crippen LogP contribution in [-0.4, -0.2) is 41.2 Å². The first-order valence-corrected chi connectivity index (χ1v) is 11.6. The van der Waals surface area contributed by atoms with E-state index in [2.05, 4.69) is 17.4 Å². The molecule has 0 saturated carbocycles. The smallest absolute Gasteiger partial charge is 0.326 e. The van der Waals surface area contributed by atoms with Gasteiger partial charge in [0.25, 0.3) is 5.91 Å². The van der Waals surface area contributed by atoms with Crippen LogP contribution >= 0.6 is 0 Å². The standard InChI is InChI=1S/C28H27N3O3/c1-30(24-18-10-12-20-11-8-9-17-23(20)24)25(32)19-31-26(33)28(29-27(31)34,21-13-4-2-5-14-21)22-15-6-3-7-16-22/h2-9,11,13-17,24H,10,12,18-19H2,1H3,(H,29,34)/t24-/m1/s1. The van der Waals surface area contributed by atoms with Gasteiger partial charge >= 0.3 is 6.03 Å². The molecular formula is C28H27N3O3. The molecule has 6 nitrogen and oxygen atoms in total. The summed E-state index contributed by atoms with van der Waals surface area (Å²) in [6.07, 6.45) is 2.85. The van der Waals surface area contributed by atoms with Crippen molar-refractivity contribution in [3.8, 4) is 0 Å². The SMILES string of the molecule is CN(C(=O)CN1C(=O)NC(c2ccccc2)(c2ccccc2)C1=O)[C@@H]1CCCc2ccccc21. The van der Waals surface area contributed by atoms with Gasteiger partial charge in [0.2, 0.25) is 5.91 Å². The zero-order chi connectivity index (χ0) is 23.7. The Morgan fingerprint density at radius 2 is 1.53 bits per heavy atom. The van der Waals surface area contributed by atoms with Gasteiger partial charge in [-0.2, -0.15) is 0 Å². The van der Waals surface area contributed by atoms with Crippen LogP contribution in [-0.2, 0) is 21.5 Å². The molecule has 34 heavy (non-hydrogen) atoms. The first-order valence-electron chi connectivity index (χ1n) is 11.6. The van der Waals surface area contributed by atoms with Gasteiger partial charge in [-0.3, -0.25) is 14.5 Å². The fraction of sp³-hybridized carbons (Fsp3) is 0.250. The van der Waals surface area contributed by atoms with Crippen LogP contribution in [0, 0.1) is 0 Å². The maximum atomic E-state index is 13.8. The van der Waals surface area contributed by atoms with E-state index in [-0.39, 0.29) is 18.5 Å². The summed E-state index contributed by atoms with van der Waals surface area (Å²) in [4.78, 5) is 43.0. The molecule has 0 unspecified atom stereocenters. The second kappa shape index (κ2) is 8.78. The van der Waals surface area contributed by atoms with Crippen molar-refractivity contribution < 1.29 is 14.4 Å². The van der Waals surface area contributed by atoms with Gasteiger partial charge in [0.15, 0.2) is 5.54 Å². The molecule has 1 atom stereocenters. The van der Waals surface area contributed by atoms with Gasteiger partial charge < -0.3 is 10.2 Å². The second-order valence-electron chi connectivity index (χ2n) is 8.91. The van der Waals surface area contributed by atoms with Crippen LogP contribution in [0.1, 0.15) is 41.1 Å². The number of carbonyl (C=O) groups excluding carboxylic acids is 3. The Balaban J connectivity index is 1.44. The minimum absolute atomic E-state index is 0.0637. The average Bonchev–Trinajstić information content (AvgIpc) is 3.14. The number of fused-ring (bicyclic) bond motifs is 1. The van der Waals surface area contributed by atoms with Crippen molar-refractivity contribution >= 4 is 17.8 Å². The summed E-state index contributed by atoms with van der Waals surface area (Å²) in [5, 5.41) is 2.91. The largest absolute Gasteiger partial charge is 0.337 e. The van der Waals surface area contributed by atoms with E-state index in [0.717, 1.165) is 29.7 Å². The Hall–Kier alpha value is -3.93. The van der Waals surface area contributed by atoms with Gasteiger partial charge in [0, 0.05) is 7.05 Å². The normalized spacial score (nSPS) is 18.9. The Morgan fingerprint density at radius 3 is 2.18 bits per heavy atom. The third kappa shape index (κ3) is 3.55. The van der Waals surface area contributed by atoms with Gasteiger partial charge in [0.05, 0.1) is 6.04 Å². The van der Waals surface area contributed by atoms with Crippen molar-refractivity contribution in [3.05, 3.63) is 107 Å². The molecule has 0 spiro atoms. The number of likely N-dealkylation sites (N-methyl/N-ethyl adjacent to an activating group) is 1. The van der Waals surface area contributed by atoms with Crippen LogP contribution < -0.4 is 5.32 Å². The highest BCUT2D eigenvalue weighted by Gasteiger charge is 2.54. The summed E-state index contributed by atoms with van der Waals surface area (Å²) in [6, 6.07) is 25.9. The van der Waals surface area contributed by atoms with E-state index >= 15 is 0 Å². The van der Waals surface area contributed by atoms with Crippen molar-refractivity contribution in [1.29, 1.82) is 0 Å². The first kappa shape index (κ1) is 21.9. The number of nitrogens with zero attached hydrogens (tertiary/aromatic N) is 2. The topological polar surface area (TPSA) is 69.7 Å². The van der Waals surface area contributed by atoms with Gasteiger partial charge in [-0.1, -0.05) is 84.9 Å². The third-order valence-electron chi connectivity index (χ3n) is 7.01. The summed E-state index contributed by atoms with van der Waals surface area (Å²) < 4.78 is 0. The first-order chi connectivity index (χ1) is 16.5. The van der Waals surface area contributed by atoms with Crippen molar-refractivity contribution in [2.45, 2.75) is 30.8 Å². The molecule has 1 aliphatic carbocycles. The maximum Gasteiger partial charge on any atom is 0.326 e. The Bertz CT molecular complexity index is 1190. The monoisotopic (exact) mass is 453 g/mol. The minimum Gasteiger partial charge on any atom is -0.337 e. The highest BCUT2D eigenvalue weighted by Crippen LogP contribution is 2.37. The molecule has 2 aliphatic rings. The van der Waals surface area contributed by atoms with E-state index in [0.29, 0.717) is 11.1 Å². The average molecular weight is 454 g/mol. The van der Waals surface area contributed by atoms with Crippen molar-refractivity contribution in [2.75, 3.05) is 13.6 Å². The van der Waals surface area contributed by atoms with Crippen molar-refractivity contribution in [2.24, 2.45) is 0 Å². The quantitative estimate of drug-likeness (QED) is 0.594. The zero-order valence-corrected chi connectivity index (χ0v) is 19.1.